The molecule has 0 aliphatic heterocycles. The number of hydrogen-bond acceptors (Lipinski definition) is 4. The molecule has 1 amide bonds. The molecule has 0 saturated carbocycles. The highest BCUT2D eigenvalue weighted by Gasteiger charge is 2.21. The van der Waals surface area contributed by atoms with E-state index in [2.05, 4.69) is 5.32 Å². The lowest BCUT2D eigenvalue weighted by Gasteiger charge is -2.20. The predicted molar refractivity (Wildman–Crippen MR) is 127 cm³/mol. The molecule has 1 N–H and O–H groups in total. The molecule has 168 valence electrons. The van der Waals surface area contributed by atoms with Gasteiger partial charge in [0.2, 0.25) is 0 Å². The minimum atomic E-state index is -3.68. The first kappa shape index (κ1) is 23.6. The molecule has 0 radical (unpaired) electrons. The van der Waals surface area contributed by atoms with Crippen LogP contribution < -0.4 is 14.4 Å². The van der Waals surface area contributed by atoms with E-state index in [1.165, 1.54) is 11.4 Å². The van der Waals surface area contributed by atoms with Crippen molar-refractivity contribution in [2.45, 2.75) is 18.7 Å². The lowest BCUT2D eigenvalue weighted by Crippen LogP contribution is -2.28. The molecule has 0 spiro atoms. The Morgan fingerprint density at radius 3 is 2.28 bits per heavy atom. The van der Waals surface area contributed by atoms with Gasteiger partial charge in [-0.05, 0) is 67.9 Å². The van der Waals surface area contributed by atoms with Crippen molar-refractivity contribution in [2.75, 3.05) is 24.5 Å². The van der Waals surface area contributed by atoms with Gasteiger partial charge in [0.1, 0.15) is 12.4 Å². The minimum absolute atomic E-state index is 0.210. The number of sulfonamides is 1. The van der Waals surface area contributed by atoms with E-state index in [-0.39, 0.29) is 10.8 Å². The van der Waals surface area contributed by atoms with Gasteiger partial charge >= 0.3 is 0 Å². The molecular formula is C24H25ClN2O4S. The van der Waals surface area contributed by atoms with E-state index >= 15 is 0 Å². The number of hydrogen-bond donors (Lipinski definition) is 1. The lowest BCUT2D eigenvalue weighted by molar-refractivity contribution is 0.0947. The third kappa shape index (κ3) is 5.60. The maximum Gasteiger partial charge on any atom is 0.264 e. The average molecular weight is 473 g/mol. The highest BCUT2D eigenvalue weighted by molar-refractivity contribution is 7.92. The van der Waals surface area contributed by atoms with E-state index in [0.29, 0.717) is 35.2 Å². The molecule has 0 bridgehead atoms. The Labute approximate surface area is 193 Å². The zero-order valence-electron chi connectivity index (χ0n) is 18.1. The number of carbonyl (C=O) groups excluding carboxylic acids is 1. The molecule has 0 aliphatic carbocycles. The van der Waals surface area contributed by atoms with E-state index in [1.54, 1.807) is 54.6 Å². The van der Waals surface area contributed by atoms with Crippen molar-refractivity contribution in [3.8, 4) is 5.75 Å². The van der Waals surface area contributed by atoms with Crippen LogP contribution in [0.1, 0.15) is 21.5 Å². The van der Waals surface area contributed by atoms with Gasteiger partial charge < -0.3 is 10.1 Å². The van der Waals surface area contributed by atoms with E-state index < -0.39 is 10.0 Å². The molecule has 6 nitrogen and oxygen atoms in total. The van der Waals surface area contributed by atoms with Crippen LogP contribution in [0.25, 0.3) is 0 Å². The van der Waals surface area contributed by atoms with E-state index in [4.69, 9.17) is 16.3 Å². The first-order chi connectivity index (χ1) is 15.2. The van der Waals surface area contributed by atoms with Gasteiger partial charge in [-0.3, -0.25) is 9.10 Å². The third-order valence-corrected chi connectivity index (χ3v) is 7.18. The van der Waals surface area contributed by atoms with Crippen molar-refractivity contribution in [3.63, 3.8) is 0 Å². The highest BCUT2D eigenvalue weighted by Crippen LogP contribution is 2.23. The van der Waals surface area contributed by atoms with E-state index in [0.717, 1.165) is 11.1 Å². The smallest absolute Gasteiger partial charge is 0.264 e. The Bertz CT molecular complexity index is 1190. The molecule has 0 atom stereocenters. The van der Waals surface area contributed by atoms with Gasteiger partial charge in [-0.25, -0.2) is 8.42 Å². The molecule has 8 heteroatoms. The van der Waals surface area contributed by atoms with Crippen LogP contribution in [-0.4, -0.2) is 34.5 Å². The summed E-state index contributed by atoms with van der Waals surface area (Å²) in [5.74, 6) is 0.364. The zero-order valence-corrected chi connectivity index (χ0v) is 19.7. The summed E-state index contributed by atoms with van der Waals surface area (Å²) < 4.78 is 32.4. The quantitative estimate of drug-likeness (QED) is 0.486. The Morgan fingerprint density at radius 1 is 1.00 bits per heavy atom. The second kappa shape index (κ2) is 10.1. The monoisotopic (exact) mass is 472 g/mol. The number of anilines is 1. The van der Waals surface area contributed by atoms with Crippen LogP contribution in [0.15, 0.2) is 71.6 Å². The number of rotatable bonds is 8. The van der Waals surface area contributed by atoms with Gasteiger partial charge in [0.05, 0.1) is 17.1 Å². The summed E-state index contributed by atoms with van der Waals surface area (Å²) in [6.45, 7) is 4.41. The van der Waals surface area contributed by atoms with E-state index in [9.17, 15) is 13.2 Å². The highest BCUT2D eigenvalue weighted by atomic mass is 35.5. The molecule has 3 rings (SSSR count). The molecule has 0 heterocycles. The first-order valence-corrected chi connectivity index (χ1v) is 11.8. The normalized spacial score (nSPS) is 11.1. The number of ether oxygens (including phenoxy) is 1. The fourth-order valence-electron chi connectivity index (χ4n) is 2.93. The molecule has 0 saturated heterocycles. The number of carbonyl (C=O) groups is 1. The van der Waals surface area contributed by atoms with Crippen LogP contribution in [0.5, 0.6) is 5.75 Å². The molecule has 0 unspecified atom stereocenters. The van der Waals surface area contributed by atoms with Crippen molar-refractivity contribution >= 4 is 33.2 Å². The molecule has 0 fully saturated rings. The molecule has 3 aromatic rings. The number of benzene rings is 3. The van der Waals surface area contributed by atoms with Crippen LogP contribution >= 0.6 is 11.6 Å². The summed E-state index contributed by atoms with van der Waals surface area (Å²) >= 11 is 6.07. The maximum absolute atomic E-state index is 12.8. The predicted octanol–water partition coefficient (Wildman–Crippen LogP) is 4.59. The molecule has 3 aromatic carbocycles. The zero-order chi connectivity index (χ0) is 23.3. The van der Waals surface area contributed by atoms with Crippen LogP contribution in [0.3, 0.4) is 0 Å². The topological polar surface area (TPSA) is 75.7 Å². The number of halogens is 1. The Hall–Kier alpha value is -3.03. The largest absolute Gasteiger partial charge is 0.492 e. The van der Waals surface area contributed by atoms with Crippen LogP contribution in [-0.2, 0) is 10.0 Å². The summed E-state index contributed by atoms with van der Waals surface area (Å²) in [5, 5.41) is 3.40. The molecule has 0 aliphatic rings. The Morgan fingerprint density at radius 2 is 1.66 bits per heavy atom. The fourth-order valence-corrected chi connectivity index (χ4v) is 4.29. The van der Waals surface area contributed by atoms with E-state index in [1.807, 2.05) is 26.0 Å². The van der Waals surface area contributed by atoms with Crippen LogP contribution in [0.2, 0.25) is 5.02 Å². The van der Waals surface area contributed by atoms with Gasteiger partial charge in [0.25, 0.3) is 15.9 Å². The SMILES string of the molecule is Cc1ccc(S(=O)(=O)N(C)c2ccc(C(=O)NCCOc3ccc(C)c(Cl)c3)cc2)cc1. The Balaban J connectivity index is 1.56. The number of nitrogens with one attached hydrogen (secondary N) is 1. The first-order valence-electron chi connectivity index (χ1n) is 10.0. The summed E-state index contributed by atoms with van der Waals surface area (Å²) in [6, 6.07) is 18.5. The third-order valence-electron chi connectivity index (χ3n) is 4.97. The van der Waals surface area contributed by atoms with Gasteiger partial charge in [-0.15, -0.1) is 0 Å². The van der Waals surface area contributed by atoms with Crippen molar-refractivity contribution in [1.29, 1.82) is 0 Å². The average Bonchev–Trinajstić information content (AvgIpc) is 2.78. The van der Waals surface area contributed by atoms with Gasteiger partial charge in [0, 0.05) is 17.6 Å². The summed E-state index contributed by atoms with van der Waals surface area (Å²) in [6.07, 6.45) is 0. The van der Waals surface area contributed by atoms with Crippen molar-refractivity contribution in [1.82, 2.24) is 5.32 Å². The van der Waals surface area contributed by atoms with Crippen molar-refractivity contribution in [2.24, 2.45) is 0 Å². The molecule has 32 heavy (non-hydrogen) atoms. The second-order valence-corrected chi connectivity index (χ2v) is 9.72. The van der Waals surface area contributed by atoms with Crippen LogP contribution in [0, 0.1) is 13.8 Å². The fraction of sp³-hybridized carbons (Fsp3) is 0.208. The molecule has 0 aromatic heterocycles. The maximum atomic E-state index is 12.8. The summed E-state index contributed by atoms with van der Waals surface area (Å²) in [5.41, 5.74) is 2.83. The van der Waals surface area contributed by atoms with Crippen LogP contribution in [0.4, 0.5) is 5.69 Å². The standard InChI is InChI=1S/C24H25ClN2O4S/c1-17-4-12-22(13-5-17)32(29,30)27(3)20-9-7-19(8-10-20)24(28)26-14-15-31-21-11-6-18(2)23(25)16-21/h4-13,16H,14-15H2,1-3H3,(H,26,28). The Kier molecular flexibility index (Phi) is 7.43. The lowest BCUT2D eigenvalue weighted by atomic mass is 10.2. The number of nitrogens with zero attached hydrogens (tertiary/aromatic N) is 1. The van der Waals surface area contributed by atoms with Gasteiger partial charge in [-0.2, -0.15) is 0 Å². The van der Waals surface area contributed by atoms with Gasteiger partial charge in [-0.1, -0.05) is 35.4 Å². The number of aryl methyl sites for hydroxylation is 2. The molecular weight excluding hydrogens is 448 g/mol. The van der Waals surface area contributed by atoms with Gasteiger partial charge in [0.15, 0.2) is 0 Å². The minimum Gasteiger partial charge on any atom is -0.492 e. The summed E-state index contributed by atoms with van der Waals surface area (Å²) in [4.78, 5) is 12.6. The second-order valence-electron chi connectivity index (χ2n) is 7.35. The van der Waals surface area contributed by atoms with Crippen molar-refractivity contribution < 1.29 is 17.9 Å². The summed E-state index contributed by atoms with van der Waals surface area (Å²) in [7, 11) is -2.20. The number of amides is 1. The van der Waals surface area contributed by atoms with Crippen molar-refractivity contribution in [3.05, 3.63) is 88.4 Å².